The van der Waals surface area contributed by atoms with Gasteiger partial charge in [0.1, 0.15) is 0 Å². The largest absolute Gasteiger partial charge is 0.357 e. The molecule has 0 radical (unpaired) electrons. The zero-order valence-electron chi connectivity index (χ0n) is 16.1. The smallest absolute Gasteiger partial charge is 0.261 e. The molecule has 2 aromatic rings. The average molecular weight is 378 g/mol. The lowest BCUT2D eigenvalue weighted by atomic mass is 10.1. The van der Waals surface area contributed by atoms with Crippen molar-refractivity contribution in [1.29, 1.82) is 0 Å². The highest BCUT2D eigenvalue weighted by Crippen LogP contribution is 2.21. The second-order valence-electron chi connectivity index (χ2n) is 6.58. The summed E-state index contributed by atoms with van der Waals surface area (Å²) >= 11 is 0. The van der Waals surface area contributed by atoms with E-state index < -0.39 is 0 Å². The number of hydrogen-bond donors (Lipinski definition) is 2. The van der Waals surface area contributed by atoms with Crippen LogP contribution >= 0.6 is 0 Å². The summed E-state index contributed by atoms with van der Waals surface area (Å²) in [6.45, 7) is 4.22. The van der Waals surface area contributed by atoms with E-state index in [9.17, 15) is 9.59 Å². The summed E-state index contributed by atoms with van der Waals surface area (Å²) in [6.07, 6.45) is 1.94. The Labute approximate surface area is 165 Å². The summed E-state index contributed by atoms with van der Waals surface area (Å²) in [5, 5.41) is 6.40. The minimum Gasteiger partial charge on any atom is -0.357 e. The van der Waals surface area contributed by atoms with Gasteiger partial charge < -0.3 is 10.6 Å². The van der Waals surface area contributed by atoms with E-state index in [1.54, 1.807) is 24.3 Å². The van der Waals surface area contributed by atoms with Gasteiger partial charge in [-0.05, 0) is 37.5 Å². The Morgan fingerprint density at radius 2 is 1.57 bits per heavy atom. The average Bonchev–Trinajstić information content (AvgIpc) is 2.97. The molecule has 0 atom stereocenters. The normalized spacial score (nSPS) is 13.6. The first kappa shape index (κ1) is 19.6. The minimum absolute atomic E-state index is 0.229. The number of nitrogens with one attached hydrogen (secondary N) is 2. The highest BCUT2D eigenvalue weighted by molar-refractivity contribution is 6.21. The first-order chi connectivity index (χ1) is 13.7. The van der Waals surface area contributed by atoms with E-state index in [1.165, 1.54) is 10.5 Å². The van der Waals surface area contributed by atoms with Crippen LogP contribution in [0, 0.1) is 0 Å². The number of nitrogens with zero attached hydrogens (tertiary/aromatic N) is 2. The number of hydrogen-bond acceptors (Lipinski definition) is 3. The van der Waals surface area contributed by atoms with Crippen molar-refractivity contribution in [3.63, 3.8) is 0 Å². The minimum atomic E-state index is -0.229. The van der Waals surface area contributed by atoms with Crippen LogP contribution in [0.5, 0.6) is 0 Å². The van der Waals surface area contributed by atoms with Crippen molar-refractivity contribution in [2.24, 2.45) is 4.99 Å². The van der Waals surface area contributed by atoms with Gasteiger partial charge in [0.15, 0.2) is 5.96 Å². The van der Waals surface area contributed by atoms with Crippen molar-refractivity contribution in [2.45, 2.75) is 19.8 Å². The van der Waals surface area contributed by atoms with Gasteiger partial charge in [-0.1, -0.05) is 42.5 Å². The molecule has 0 aromatic heterocycles. The van der Waals surface area contributed by atoms with Gasteiger partial charge in [-0.2, -0.15) is 0 Å². The molecule has 0 spiro atoms. The molecule has 0 saturated heterocycles. The predicted molar refractivity (Wildman–Crippen MR) is 111 cm³/mol. The number of rotatable bonds is 8. The predicted octanol–water partition coefficient (Wildman–Crippen LogP) is 2.47. The number of carbonyl (C=O) groups excluding carboxylic acids is 2. The number of aliphatic imine (C=N–C) groups is 1. The fourth-order valence-electron chi connectivity index (χ4n) is 3.19. The van der Waals surface area contributed by atoms with E-state index in [-0.39, 0.29) is 11.8 Å². The quantitative estimate of drug-likeness (QED) is 0.320. The molecule has 2 amide bonds. The fourth-order valence-corrected chi connectivity index (χ4v) is 3.19. The van der Waals surface area contributed by atoms with Crippen molar-refractivity contribution >= 4 is 17.8 Å². The van der Waals surface area contributed by atoms with Crippen LogP contribution in [0.25, 0.3) is 0 Å². The molecule has 1 heterocycles. The van der Waals surface area contributed by atoms with Crippen molar-refractivity contribution in [3.05, 3.63) is 71.3 Å². The van der Waals surface area contributed by atoms with Crippen LogP contribution in [0.3, 0.4) is 0 Å². The number of benzene rings is 2. The van der Waals surface area contributed by atoms with Crippen LogP contribution in [-0.2, 0) is 6.42 Å². The van der Waals surface area contributed by atoms with E-state index in [2.05, 4.69) is 27.8 Å². The summed E-state index contributed by atoms with van der Waals surface area (Å²) in [5.41, 5.74) is 2.27. The molecule has 2 aromatic carbocycles. The molecule has 1 aliphatic heterocycles. The second-order valence-corrected chi connectivity index (χ2v) is 6.58. The Balaban J connectivity index is 1.47. The van der Waals surface area contributed by atoms with Crippen LogP contribution in [0.1, 0.15) is 39.6 Å². The number of amides is 2. The maximum atomic E-state index is 12.4. The number of guanidine groups is 1. The zero-order valence-corrected chi connectivity index (χ0v) is 16.1. The molecular formula is C22H26N4O2. The van der Waals surface area contributed by atoms with Crippen molar-refractivity contribution in [1.82, 2.24) is 15.5 Å². The van der Waals surface area contributed by atoms with Gasteiger partial charge in [0.25, 0.3) is 11.8 Å². The molecule has 2 N–H and O–H groups in total. The van der Waals surface area contributed by atoms with Gasteiger partial charge >= 0.3 is 0 Å². The maximum Gasteiger partial charge on any atom is 0.261 e. The standard InChI is InChI=1S/C22H26N4O2/c1-2-23-22(24-14-8-11-17-9-4-3-5-10-17)25-15-16-26-20(27)18-12-6-7-13-19(18)21(26)28/h3-7,9-10,12-13H,2,8,11,14-16H2,1H3,(H2,23,24,25). The first-order valence-electron chi connectivity index (χ1n) is 9.72. The van der Waals surface area contributed by atoms with Crippen LogP contribution in [0.4, 0.5) is 0 Å². The Morgan fingerprint density at radius 3 is 2.21 bits per heavy atom. The van der Waals surface area contributed by atoms with Gasteiger partial charge in [-0.15, -0.1) is 0 Å². The number of aryl methyl sites for hydroxylation is 1. The Morgan fingerprint density at radius 1 is 0.929 bits per heavy atom. The van der Waals surface area contributed by atoms with Gasteiger partial charge in [-0.25, -0.2) is 0 Å². The topological polar surface area (TPSA) is 73.8 Å². The highest BCUT2D eigenvalue weighted by Gasteiger charge is 2.34. The molecule has 0 aliphatic carbocycles. The molecule has 1 aliphatic rings. The number of carbonyl (C=O) groups is 2. The van der Waals surface area contributed by atoms with Crippen LogP contribution in [0.2, 0.25) is 0 Å². The maximum absolute atomic E-state index is 12.4. The van der Waals surface area contributed by atoms with Crippen molar-refractivity contribution in [2.75, 3.05) is 26.2 Å². The van der Waals surface area contributed by atoms with Crippen molar-refractivity contribution in [3.8, 4) is 0 Å². The van der Waals surface area contributed by atoms with Gasteiger partial charge in [0, 0.05) is 26.2 Å². The van der Waals surface area contributed by atoms with Gasteiger partial charge in [0.05, 0.1) is 11.1 Å². The SMILES string of the molecule is CCNC(=NCCCc1ccccc1)NCCN1C(=O)c2ccccc2C1=O. The van der Waals surface area contributed by atoms with Crippen molar-refractivity contribution < 1.29 is 9.59 Å². The highest BCUT2D eigenvalue weighted by atomic mass is 16.2. The molecule has 0 saturated carbocycles. The Hall–Kier alpha value is -3.15. The summed E-state index contributed by atoms with van der Waals surface area (Å²) in [4.78, 5) is 30.6. The van der Waals surface area contributed by atoms with E-state index in [4.69, 9.17) is 0 Å². The van der Waals surface area contributed by atoms with E-state index >= 15 is 0 Å². The zero-order chi connectivity index (χ0) is 19.8. The van der Waals surface area contributed by atoms with Crippen LogP contribution in [0.15, 0.2) is 59.6 Å². The van der Waals surface area contributed by atoms with E-state index in [0.29, 0.717) is 36.7 Å². The molecular weight excluding hydrogens is 352 g/mol. The molecule has 0 fully saturated rings. The molecule has 0 unspecified atom stereocenters. The summed E-state index contributed by atoms with van der Waals surface area (Å²) in [5.74, 6) is 0.242. The number of fused-ring (bicyclic) bond motifs is 1. The summed E-state index contributed by atoms with van der Waals surface area (Å²) in [7, 11) is 0. The first-order valence-corrected chi connectivity index (χ1v) is 9.72. The molecule has 146 valence electrons. The second kappa shape index (κ2) is 9.69. The molecule has 6 heteroatoms. The lowest BCUT2D eigenvalue weighted by Crippen LogP contribution is -2.43. The third kappa shape index (κ3) is 4.76. The number of imide groups is 1. The Kier molecular flexibility index (Phi) is 6.78. The van der Waals surface area contributed by atoms with Crippen LogP contribution in [-0.4, -0.2) is 48.9 Å². The van der Waals surface area contributed by atoms with Crippen LogP contribution < -0.4 is 10.6 Å². The lowest BCUT2D eigenvalue weighted by molar-refractivity contribution is 0.0657. The fraction of sp³-hybridized carbons (Fsp3) is 0.318. The summed E-state index contributed by atoms with van der Waals surface area (Å²) < 4.78 is 0. The molecule has 0 bridgehead atoms. The summed E-state index contributed by atoms with van der Waals surface area (Å²) in [6, 6.07) is 17.3. The monoisotopic (exact) mass is 378 g/mol. The molecule has 28 heavy (non-hydrogen) atoms. The van der Waals surface area contributed by atoms with E-state index in [1.807, 2.05) is 25.1 Å². The van der Waals surface area contributed by atoms with Gasteiger partial charge in [0.2, 0.25) is 0 Å². The molecule has 3 rings (SSSR count). The van der Waals surface area contributed by atoms with Gasteiger partial charge in [-0.3, -0.25) is 19.5 Å². The molecule has 6 nitrogen and oxygen atoms in total. The van der Waals surface area contributed by atoms with E-state index in [0.717, 1.165) is 19.4 Å². The third-order valence-corrected chi connectivity index (χ3v) is 4.59. The lowest BCUT2D eigenvalue weighted by Gasteiger charge is -2.16. The Bertz CT molecular complexity index is 814. The third-order valence-electron chi connectivity index (χ3n) is 4.59.